The second-order valence-electron chi connectivity index (χ2n) is 23.1. The molecule has 0 rings (SSSR count). The molecular weight excluding hydrogens is 949 g/mol. The first-order valence-electron chi connectivity index (χ1n) is 34.1. The van der Waals surface area contributed by atoms with E-state index in [0.29, 0.717) is 19.3 Å². The highest BCUT2D eigenvalue weighted by atomic mass is 16.6. The molecule has 0 aliphatic heterocycles. The van der Waals surface area contributed by atoms with Crippen LogP contribution in [0.25, 0.3) is 0 Å². The number of allylic oxidation sites excluding steroid dienone is 8. The third kappa shape index (κ3) is 64.1. The second kappa shape index (κ2) is 65.9. The molecule has 0 saturated carbocycles. The predicted octanol–water partition coefficient (Wildman–Crippen LogP) is 23.3. The Balaban J connectivity index is 4.07. The van der Waals surface area contributed by atoms with Crippen molar-refractivity contribution in [3.63, 3.8) is 0 Å². The van der Waals surface area contributed by atoms with Gasteiger partial charge in [-0.25, -0.2) is 0 Å². The number of carbonyl (C=O) groups excluding carboxylic acids is 3. The smallest absolute Gasteiger partial charge is 0.306 e. The molecule has 1 unspecified atom stereocenters. The molecule has 0 aromatic carbocycles. The summed E-state index contributed by atoms with van der Waals surface area (Å²) in [6, 6.07) is 0. The fourth-order valence-electron chi connectivity index (χ4n) is 10.2. The Morgan fingerprint density at radius 2 is 0.468 bits per heavy atom. The topological polar surface area (TPSA) is 78.9 Å². The van der Waals surface area contributed by atoms with E-state index < -0.39 is 6.10 Å². The first-order chi connectivity index (χ1) is 38.0. The molecule has 6 heteroatoms. The summed E-state index contributed by atoms with van der Waals surface area (Å²) in [6.07, 6.45) is 82.9. The maximum atomic E-state index is 12.9. The van der Waals surface area contributed by atoms with E-state index in [1.807, 2.05) is 0 Å². The monoisotopic (exact) mass is 1080 g/mol. The van der Waals surface area contributed by atoms with Gasteiger partial charge in [0.05, 0.1) is 0 Å². The van der Waals surface area contributed by atoms with E-state index in [0.717, 1.165) is 77.0 Å². The number of rotatable bonds is 63. The highest BCUT2D eigenvalue weighted by Gasteiger charge is 2.19. The van der Waals surface area contributed by atoms with E-state index in [4.69, 9.17) is 14.2 Å². The highest BCUT2D eigenvalue weighted by molar-refractivity contribution is 5.71. The van der Waals surface area contributed by atoms with Gasteiger partial charge in [0.15, 0.2) is 6.10 Å². The van der Waals surface area contributed by atoms with Gasteiger partial charge in [0.1, 0.15) is 13.2 Å². The summed E-state index contributed by atoms with van der Waals surface area (Å²) in [4.78, 5) is 38.2. The van der Waals surface area contributed by atoms with Crippen LogP contribution in [0.2, 0.25) is 0 Å². The number of carbonyl (C=O) groups is 3. The molecule has 1 atom stereocenters. The standard InChI is InChI=1S/C71H130O6/c1-4-7-10-13-16-19-22-24-26-28-29-30-31-32-33-34-35-36-37-38-39-40-41-42-43-44-46-47-49-52-55-58-61-64-70(73)76-67-68(66-75-69(72)63-60-57-54-51-21-18-15-12-9-6-3)77-71(74)65-62-59-56-53-50-48-45-27-25-23-20-17-14-11-8-5-2/h22,24,27-29,31-32,45,68H,4-21,23,25-26,30,33-44,46-67H2,1-3H3/b24-22-,29-28-,32-31-,45-27-. The lowest BCUT2D eigenvalue weighted by Gasteiger charge is -2.18. The molecule has 450 valence electrons. The van der Waals surface area contributed by atoms with E-state index in [9.17, 15) is 14.4 Å². The van der Waals surface area contributed by atoms with Crippen LogP contribution in [0.3, 0.4) is 0 Å². The quantitative estimate of drug-likeness (QED) is 0.0261. The Labute approximate surface area is 479 Å². The largest absolute Gasteiger partial charge is 0.462 e. The molecule has 77 heavy (non-hydrogen) atoms. The third-order valence-electron chi connectivity index (χ3n) is 15.3. The number of esters is 3. The van der Waals surface area contributed by atoms with Gasteiger partial charge in [-0.05, 0) is 83.5 Å². The summed E-state index contributed by atoms with van der Waals surface area (Å²) in [7, 11) is 0. The normalized spacial score (nSPS) is 12.3. The fraction of sp³-hybridized carbons (Fsp3) is 0.845. The van der Waals surface area contributed by atoms with Gasteiger partial charge in [0.25, 0.3) is 0 Å². The summed E-state index contributed by atoms with van der Waals surface area (Å²) in [5, 5.41) is 0. The van der Waals surface area contributed by atoms with Crippen molar-refractivity contribution in [3.8, 4) is 0 Å². The summed E-state index contributed by atoms with van der Waals surface area (Å²) >= 11 is 0. The molecule has 0 N–H and O–H groups in total. The molecule has 0 radical (unpaired) electrons. The maximum Gasteiger partial charge on any atom is 0.306 e. The average molecular weight is 1080 g/mol. The molecule has 0 spiro atoms. The Morgan fingerprint density at radius 1 is 0.260 bits per heavy atom. The van der Waals surface area contributed by atoms with Gasteiger partial charge in [-0.2, -0.15) is 0 Å². The van der Waals surface area contributed by atoms with Crippen molar-refractivity contribution in [1.82, 2.24) is 0 Å². The van der Waals surface area contributed by atoms with Crippen molar-refractivity contribution in [1.29, 1.82) is 0 Å². The third-order valence-corrected chi connectivity index (χ3v) is 15.3. The molecule has 6 nitrogen and oxygen atoms in total. The van der Waals surface area contributed by atoms with Crippen LogP contribution in [-0.4, -0.2) is 37.2 Å². The molecule has 0 heterocycles. The van der Waals surface area contributed by atoms with Crippen molar-refractivity contribution in [2.75, 3.05) is 13.2 Å². The number of hydrogen-bond donors (Lipinski definition) is 0. The zero-order valence-corrected chi connectivity index (χ0v) is 51.7. The highest BCUT2D eigenvalue weighted by Crippen LogP contribution is 2.18. The Hall–Kier alpha value is -2.63. The Kier molecular flexibility index (Phi) is 63.6. The molecule has 0 fully saturated rings. The van der Waals surface area contributed by atoms with E-state index in [1.165, 1.54) is 250 Å². The summed E-state index contributed by atoms with van der Waals surface area (Å²) in [6.45, 7) is 6.66. The van der Waals surface area contributed by atoms with Gasteiger partial charge >= 0.3 is 17.9 Å². The molecule has 0 saturated heterocycles. The van der Waals surface area contributed by atoms with E-state index in [-0.39, 0.29) is 31.1 Å². The number of unbranched alkanes of at least 4 members (excludes halogenated alkanes) is 44. The van der Waals surface area contributed by atoms with E-state index >= 15 is 0 Å². The summed E-state index contributed by atoms with van der Waals surface area (Å²) in [5.41, 5.74) is 0. The van der Waals surface area contributed by atoms with Crippen LogP contribution in [0.5, 0.6) is 0 Å². The van der Waals surface area contributed by atoms with Crippen LogP contribution >= 0.6 is 0 Å². The minimum atomic E-state index is -0.773. The van der Waals surface area contributed by atoms with Crippen molar-refractivity contribution < 1.29 is 28.6 Å². The lowest BCUT2D eigenvalue weighted by atomic mass is 10.0. The second-order valence-corrected chi connectivity index (χ2v) is 23.1. The SMILES string of the molecule is CCCCCCC/C=C\C/C=C\C/C=C\CCCCCCCCCCCCCCCCCCCCC(=O)OCC(COC(=O)CCCCCCCCCCCC)OC(=O)CCCCCCC/C=C\CCCCCCCCC. The fourth-order valence-corrected chi connectivity index (χ4v) is 10.2. The van der Waals surface area contributed by atoms with E-state index in [2.05, 4.69) is 69.4 Å². The van der Waals surface area contributed by atoms with Gasteiger partial charge in [0.2, 0.25) is 0 Å². The molecular formula is C71H130O6. The van der Waals surface area contributed by atoms with Gasteiger partial charge in [-0.1, -0.05) is 313 Å². The van der Waals surface area contributed by atoms with Gasteiger partial charge in [-0.3, -0.25) is 14.4 Å². The minimum absolute atomic E-state index is 0.0712. The summed E-state index contributed by atoms with van der Waals surface area (Å²) < 4.78 is 16.9. The zero-order valence-electron chi connectivity index (χ0n) is 51.7. The van der Waals surface area contributed by atoms with Crippen LogP contribution < -0.4 is 0 Å². The first kappa shape index (κ1) is 74.4. The first-order valence-corrected chi connectivity index (χ1v) is 34.1. The minimum Gasteiger partial charge on any atom is -0.462 e. The molecule has 0 aliphatic carbocycles. The van der Waals surface area contributed by atoms with Crippen LogP contribution in [0.4, 0.5) is 0 Å². The average Bonchev–Trinajstić information content (AvgIpc) is 3.43. The predicted molar refractivity (Wildman–Crippen MR) is 335 cm³/mol. The van der Waals surface area contributed by atoms with Crippen LogP contribution in [0.1, 0.15) is 367 Å². The van der Waals surface area contributed by atoms with E-state index in [1.54, 1.807) is 0 Å². The van der Waals surface area contributed by atoms with Crippen molar-refractivity contribution in [2.45, 2.75) is 374 Å². The lowest BCUT2D eigenvalue weighted by Crippen LogP contribution is -2.30. The molecule has 0 bridgehead atoms. The molecule has 0 aromatic rings. The van der Waals surface area contributed by atoms with Crippen LogP contribution in [0, 0.1) is 0 Å². The van der Waals surface area contributed by atoms with Crippen molar-refractivity contribution >= 4 is 17.9 Å². The Bertz CT molecular complexity index is 1330. The van der Waals surface area contributed by atoms with Crippen molar-refractivity contribution in [2.24, 2.45) is 0 Å². The molecule has 0 aliphatic rings. The van der Waals surface area contributed by atoms with Crippen LogP contribution in [-0.2, 0) is 28.6 Å². The number of hydrogen-bond acceptors (Lipinski definition) is 6. The Morgan fingerprint density at radius 3 is 0.740 bits per heavy atom. The maximum absolute atomic E-state index is 12.9. The van der Waals surface area contributed by atoms with Gasteiger partial charge < -0.3 is 14.2 Å². The zero-order chi connectivity index (χ0) is 55.7. The van der Waals surface area contributed by atoms with Crippen LogP contribution in [0.15, 0.2) is 48.6 Å². The molecule has 0 aromatic heterocycles. The summed E-state index contributed by atoms with van der Waals surface area (Å²) in [5.74, 6) is -0.859. The van der Waals surface area contributed by atoms with Gasteiger partial charge in [-0.15, -0.1) is 0 Å². The number of ether oxygens (including phenoxy) is 3. The lowest BCUT2D eigenvalue weighted by molar-refractivity contribution is -0.167. The molecule has 0 amide bonds. The van der Waals surface area contributed by atoms with Crippen molar-refractivity contribution in [3.05, 3.63) is 48.6 Å². The van der Waals surface area contributed by atoms with Gasteiger partial charge in [0, 0.05) is 19.3 Å².